The van der Waals surface area contributed by atoms with E-state index in [9.17, 15) is 19.5 Å². The standard InChI is InChI=1S/C19H24N2O5/c1-12-8-14(19(24)25)11-21(10-12)18(23)13-4-2-5-15(9-13)20-17(22)16-6-3-7-26-16/h2,4-5,9,12,14,16H,3,6-8,10-11H2,1H3,(H,20,22)(H,24,25). The van der Waals surface area contributed by atoms with E-state index in [2.05, 4.69) is 5.32 Å². The summed E-state index contributed by atoms with van der Waals surface area (Å²) < 4.78 is 5.36. The van der Waals surface area contributed by atoms with Crippen molar-refractivity contribution in [1.82, 2.24) is 4.90 Å². The van der Waals surface area contributed by atoms with Crippen LogP contribution in [0, 0.1) is 11.8 Å². The van der Waals surface area contributed by atoms with Gasteiger partial charge < -0.3 is 20.1 Å². The lowest BCUT2D eigenvalue weighted by molar-refractivity contribution is -0.143. The number of anilines is 1. The Morgan fingerprint density at radius 1 is 1.27 bits per heavy atom. The summed E-state index contributed by atoms with van der Waals surface area (Å²) in [5.74, 6) is -1.69. The number of hydrogen-bond donors (Lipinski definition) is 2. The van der Waals surface area contributed by atoms with Crippen LogP contribution in [0.25, 0.3) is 0 Å². The number of carboxylic acids is 1. The number of nitrogens with one attached hydrogen (secondary N) is 1. The van der Waals surface area contributed by atoms with Gasteiger partial charge >= 0.3 is 5.97 Å². The minimum Gasteiger partial charge on any atom is -0.481 e. The van der Waals surface area contributed by atoms with Gasteiger partial charge in [-0.1, -0.05) is 13.0 Å². The van der Waals surface area contributed by atoms with E-state index in [0.717, 1.165) is 6.42 Å². The molecule has 0 spiro atoms. The van der Waals surface area contributed by atoms with E-state index in [0.29, 0.717) is 37.2 Å². The Bertz CT molecular complexity index is 699. The second-order valence-electron chi connectivity index (χ2n) is 7.16. The molecule has 2 amide bonds. The second-order valence-corrected chi connectivity index (χ2v) is 7.16. The molecule has 2 N–H and O–H groups in total. The van der Waals surface area contributed by atoms with Crippen molar-refractivity contribution >= 4 is 23.5 Å². The number of likely N-dealkylation sites (tertiary alicyclic amines) is 1. The zero-order valence-corrected chi connectivity index (χ0v) is 14.8. The van der Waals surface area contributed by atoms with Gasteiger partial charge in [-0.15, -0.1) is 0 Å². The highest BCUT2D eigenvalue weighted by molar-refractivity contribution is 5.98. The number of piperidine rings is 1. The molecule has 0 aliphatic carbocycles. The molecule has 0 radical (unpaired) electrons. The maximum absolute atomic E-state index is 12.8. The van der Waals surface area contributed by atoms with Crippen molar-refractivity contribution < 1.29 is 24.2 Å². The molecule has 3 atom stereocenters. The van der Waals surface area contributed by atoms with Gasteiger partial charge in [0.15, 0.2) is 0 Å². The number of carboxylic acid groups (broad SMARTS) is 1. The first kappa shape index (κ1) is 18.4. The van der Waals surface area contributed by atoms with Gasteiger partial charge in [0.1, 0.15) is 6.10 Å². The van der Waals surface area contributed by atoms with Crippen molar-refractivity contribution in [3.63, 3.8) is 0 Å². The molecule has 0 aromatic heterocycles. The summed E-state index contributed by atoms with van der Waals surface area (Å²) in [5, 5.41) is 12.1. The molecule has 26 heavy (non-hydrogen) atoms. The number of carbonyl (C=O) groups excluding carboxylic acids is 2. The molecule has 2 aliphatic rings. The number of rotatable bonds is 4. The predicted molar refractivity (Wildman–Crippen MR) is 94.9 cm³/mol. The van der Waals surface area contributed by atoms with Crippen molar-refractivity contribution in [2.24, 2.45) is 11.8 Å². The highest BCUT2D eigenvalue weighted by Crippen LogP contribution is 2.24. The van der Waals surface area contributed by atoms with Crippen LogP contribution in [-0.4, -0.2) is 53.6 Å². The summed E-state index contributed by atoms with van der Waals surface area (Å²) in [6.07, 6.45) is 1.71. The highest BCUT2D eigenvalue weighted by Gasteiger charge is 2.32. The summed E-state index contributed by atoms with van der Waals surface area (Å²) in [4.78, 5) is 37.9. The van der Waals surface area contributed by atoms with E-state index < -0.39 is 18.0 Å². The third-order valence-corrected chi connectivity index (χ3v) is 4.90. The zero-order valence-electron chi connectivity index (χ0n) is 14.8. The summed E-state index contributed by atoms with van der Waals surface area (Å²) in [5.41, 5.74) is 0.976. The van der Waals surface area contributed by atoms with Gasteiger partial charge in [-0.25, -0.2) is 0 Å². The maximum atomic E-state index is 12.8. The molecule has 2 fully saturated rings. The summed E-state index contributed by atoms with van der Waals surface area (Å²) in [6.45, 7) is 3.29. The smallest absolute Gasteiger partial charge is 0.308 e. The van der Waals surface area contributed by atoms with Gasteiger partial charge in [-0.3, -0.25) is 14.4 Å². The topological polar surface area (TPSA) is 95.9 Å². The van der Waals surface area contributed by atoms with Gasteiger partial charge in [0.2, 0.25) is 0 Å². The van der Waals surface area contributed by atoms with Crippen molar-refractivity contribution in [3.05, 3.63) is 29.8 Å². The molecule has 3 unspecified atom stereocenters. The second kappa shape index (κ2) is 7.86. The van der Waals surface area contributed by atoms with E-state index in [1.54, 1.807) is 29.2 Å². The van der Waals surface area contributed by atoms with Crippen molar-refractivity contribution in [1.29, 1.82) is 0 Å². The molecule has 7 heteroatoms. The third kappa shape index (κ3) is 4.22. The lowest BCUT2D eigenvalue weighted by Crippen LogP contribution is -2.45. The molecule has 7 nitrogen and oxygen atoms in total. The van der Waals surface area contributed by atoms with Crippen LogP contribution in [0.2, 0.25) is 0 Å². The maximum Gasteiger partial charge on any atom is 0.308 e. The lowest BCUT2D eigenvalue weighted by Gasteiger charge is -2.34. The Morgan fingerprint density at radius 3 is 2.77 bits per heavy atom. The van der Waals surface area contributed by atoms with E-state index in [-0.39, 0.29) is 24.3 Å². The van der Waals surface area contributed by atoms with Crippen LogP contribution in [0.15, 0.2) is 24.3 Å². The third-order valence-electron chi connectivity index (χ3n) is 4.90. The largest absolute Gasteiger partial charge is 0.481 e. The Morgan fingerprint density at radius 2 is 2.08 bits per heavy atom. The molecule has 140 valence electrons. The zero-order chi connectivity index (χ0) is 18.7. The molecule has 2 saturated heterocycles. The van der Waals surface area contributed by atoms with Crippen LogP contribution >= 0.6 is 0 Å². The van der Waals surface area contributed by atoms with Crippen molar-refractivity contribution in [3.8, 4) is 0 Å². The minimum absolute atomic E-state index is 0.135. The summed E-state index contributed by atoms with van der Waals surface area (Å²) in [7, 11) is 0. The Kier molecular flexibility index (Phi) is 5.56. The Labute approximate surface area is 152 Å². The first-order valence-corrected chi connectivity index (χ1v) is 8.98. The molecule has 1 aromatic carbocycles. The number of amides is 2. The van der Waals surface area contributed by atoms with Gasteiger partial charge in [0.25, 0.3) is 11.8 Å². The first-order chi connectivity index (χ1) is 12.4. The molecule has 2 heterocycles. The van der Waals surface area contributed by atoms with Gasteiger partial charge in [0.05, 0.1) is 5.92 Å². The quantitative estimate of drug-likeness (QED) is 0.856. The Hall–Kier alpha value is -2.41. The normalized spacial score (nSPS) is 25.7. The van der Waals surface area contributed by atoms with Crippen LogP contribution in [0.4, 0.5) is 5.69 Å². The van der Waals surface area contributed by atoms with E-state index in [4.69, 9.17) is 4.74 Å². The SMILES string of the molecule is CC1CC(C(=O)O)CN(C(=O)c2cccc(NC(=O)C3CCCO3)c2)C1. The average molecular weight is 360 g/mol. The fourth-order valence-electron chi connectivity index (χ4n) is 3.62. The number of carbonyl (C=O) groups is 3. The van der Waals surface area contributed by atoms with Crippen LogP contribution < -0.4 is 5.32 Å². The average Bonchev–Trinajstić information content (AvgIpc) is 3.15. The fraction of sp³-hybridized carbons (Fsp3) is 0.526. The lowest BCUT2D eigenvalue weighted by atomic mass is 9.90. The molecule has 3 rings (SSSR count). The molecule has 0 bridgehead atoms. The van der Waals surface area contributed by atoms with Crippen LogP contribution in [0.1, 0.15) is 36.5 Å². The number of hydrogen-bond acceptors (Lipinski definition) is 4. The van der Waals surface area contributed by atoms with Gasteiger partial charge in [0, 0.05) is 30.9 Å². The minimum atomic E-state index is -0.869. The van der Waals surface area contributed by atoms with E-state index >= 15 is 0 Å². The summed E-state index contributed by atoms with van der Waals surface area (Å²) >= 11 is 0. The van der Waals surface area contributed by atoms with E-state index in [1.807, 2.05) is 6.92 Å². The van der Waals surface area contributed by atoms with E-state index in [1.165, 1.54) is 0 Å². The Balaban J connectivity index is 1.69. The first-order valence-electron chi connectivity index (χ1n) is 8.98. The number of ether oxygens (including phenoxy) is 1. The van der Waals surface area contributed by atoms with Crippen molar-refractivity contribution in [2.75, 3.05) is 25.0 Å². The van der Waals surface area contributed by atoms with Gasteiger partial charge in [-0.05, 0) is 43.4 Å². The highest BCUT2D eigenvalue weighted by atomic mass is 16.5. The molecular weight excluding hydrogens is 336 g/mol. The van der Waals surface area contributed by atoms with Crippen LogP contribution in [0.3, 0.4) is 0 Å². The van der Waals surface area contributed by atoms with Crippen LogP contribution in [-0.2, 0) is 14.3 Å². The van der Waals surface area contributed by atoms with Crippen LogP contribution in [0.5, 0.6) is 0 Å². The number of benzene rings is 1. The molecular formula is C19H24N2O5. The number of aliphatic carboxylic acids is 1. The molecule has 1 aromatic rings. The molecule has 2 aliphatic heterocycles. The fourth-order valence-corrected chi connectivity index (χ4v) is 3.62. The number of nitrogens with zero attached hydrogens (tertiary/aromatic N) is 1. The van der Waals surface area contributed by atoms with Crippen molar-refractivity contribution in [2.45, 2.75) is 32.3 Å². The molecule has 0 saturated carbocycles. The van der Waals surface area contributed by atoms with Gasteiger partial charge in [-0.2, -0.15) is 0 Å². The predicted octanol–water partition coefficient (Wildman–Crippen LogP) is 1.99. The monoisotopic (exact) mass is 360 g/mol. The summed E-state index contributed by atoms with van der Waals surface area (Å²) in [6, 6.07) is 6.74.